The van der Waals surface area contributed by atoms with E-state index >= 15 is 0 Å². The minimum absolute atomic E-state index is 0.00499. The second kappa shape index (κ2) is 5.99. The molecule has 124 valence electrons. The maximum absolute atomic E-state index is 12.5. The predicted octanol–water partition coefficient (Wildman–Crippen LogP) is 2.07. The number of furan rings is 1. The molecule has 24 heavy (non-hydrogen) atoms. The number of hydrogen-bond donors (Lipinski definition) is 1. The van der Waals surface area contributed by atoms with Crippen molar-refractivity contribution in [2.45, 2.75) is 31.8 Å². The van der Waals surface area contributed by atoms with E-state index in [-0.39, 0.29) is 11.9 Å². The first kappa shape index (κ1) is 14.7. The van der Waals surface area contributed by atoms with E-state index in [9.17, 15) is 4.79 Å². The van der Waals surface area contributed by atoms with Crippen LogP contribution >= 0.6 is 0 Å². The van der Waals surface area contributed by atoms with Crippen molar-refractivity contribution < 1.29 is 9.21 Å². The topological polar surface area (TPSA) is 77.9 Å². The first-order valence-corrected chi connectivity index (χ1v) is 8.08. The Morgan fingerprint density at radius 2 is 2.33 bits per heavy atom. The fourth-order valence-corrected chi connectivity index (χ4v) is 3.22. The van der Waals surface area contributed by atoms with Gasteiger partial charge < -0.3 is 9.73 Å². The van der Waals surface area contributed by atoms with Crippen LogP contribution in [0.1, 0.15) is 46.5 Å². The number of amides is 1. The predicted molar refractivity (Wildman–Crippen MR) is 86.4 cm³/mol. The highest BCUT2D eigenvalue weighted by Gasteiger charge is 2.26. The second-order valence-corrected chi connectivity index (χ2v) is 6.06. The normalized spacial score (nSPS) is 16.8. The van der Waals surface area contributed by atoms with Gasteiger partial charge in [0.05, 0.1) is 18.8 Å². The highest BCUT2D eigenvalue weighted by molar-refractivity contribution is 5.91. The second-order valence-electron chi connectivity index (χ2n) is 6.06. The molecule has 7 nitrogen and oxygen atoms in total. The third-order valence-corrected chi connectivity index (χ3v) is 4.44. The molecule has 0 fully saturated rings. The van der Waals surface area contributed by atoms with Gasteiger partial charge in [0.2, 0.25) is 0 Å². The van der Waals surface area contributed by atoms with E-state index in [0.717, 1.165) is 24.8 Å². The SMILES string of the molecule is Cn1ncc2c1CCC[C@@H]2NC(=O)c1ccc(Cn2cccn2)o1. The van der Waals surface area contributed by atoms with E-state index in [0.29, 0.717) is 18.1 Å². The molecule has 1 aliphatic rings. The van der Waals surface area contributed by atoms with E-state index in [1.165, 1.54) is 5.69 Å². The van der Waals surface area contributed by atoms with Crippen molar-refractivity contribution in [3.05, 3.63) is 59.6 Å². The lowest BCUT2D eigenvalue weighted by Gasteiger charge is -2.23. The molecule has 3 aromatic heterocycles. The van der Waals surface area contributed by atoms with Crippen molar-refractivity contribution >= 4 is 5.91 Å². The van der Waals surface area contributed by atoms with Crippen LogP contribution in [0.3, 0.4) is 0 Å². The zero-order chi connectivity index (χ0) is 16.5. The summed E-state index contributed by atoms with van der Waals surface area (Å²) in [4.78, 5) is 12.5. The van der Waals surface area contributed by atoms with Gasteiger partial charge in [-0.15, -0.1) is 0 Å². The van der Waals surface area contributed by atoms with Gasteiger partial charge in [-0.05, 0) is 37.5 Å². The van der Waals surface area contributed by atoms with Gasteiger partial charge in [0, 0.05) is 30.7 Å². The van der Waals surface area contributed by atoms with E-state index in [2.05, 4.69) is 15.5 Å². The van der Waals surface area contributed by atoms with Crippen LogP contribution in [0.2, 0.25) is 0 Å². The molecule has 3 aromatic rings. The molecule has 0 spiro atoms. The summed E-state index contributed by atoms with van der Waals surface area (Å²) in [6.45, 7) is 0.510. The molecule has 0 saturated heterocycles. The Kier molecular flexibility index (Phi) is 3.68. The zero-order valence-corrected chi connectivity index (χ0v) is 13.5. The maximum atomic E-state index is 12.5. The lowest BCUT2D eigenvalue weighted by Crippen LogP contribution is -2.30. The Morgan fingerprint density at radius 3 is 3.17 bits per heavy atom. The number of rotatable bonds is 4. The van der Waals surface area contributed by atoms with Crippen molar-refractivity contribution in [2.24, 2.45) is 7.05 Å². The third kappa shape index (κ3) is 2.73. The van der Waals surface area contributed by atoms with Crippen LogP contribution in [0.5, 0.6) is 0 Å². The van der Waals surface area contributed by atoms with Crippen molar-refractivity contribution in [3.8, 4) is 0 Å². The van der Waals surface area contributed by atoms with Crippen LogP contribution < -0.4 is 5.32 Å². The first-order valence-electron chi connectivity index (χ1n) is 8.08. The highest BCUT2D eigenvalue weighted by Crippen LogP contribution is 2.29. The summed E-state index contributed by atoms with van der Waals surface area (Å²) in [6.07, 6.45) is 8.39. The number of hydrogen-bond acceptors (Lipinski definition) is 4. The number of nitrogens with zero attached hydrogens (tertiary/aromatic N) is 4. The molecular weight excluding hydrogens is 306 g/mol. The van der Waals surface area contributed by atoms with Gasteiger partial charge in [-0.1, -0.05) is 0 Å². The summed E-state index contributed by atoms with van der Waals surface area (Å²) < 4.78 is 9.30. The summed E-state index contributed by atoms with van der Waals surface area (Å²) in [6, 6.07) is 5.37. The number of fused-ring (bicyclic) bond motifs is 1. The molecule has 0 radical (unpaired) electrons. The number of aromatic nitrogens is 4. The molecule has 0 saturated carbocycles. The van der Waals surface area contributed by atoms with Crippen molar-refractivity contribution in [3.63, 3.8) is 0 Å². The Balaban J connectivity index is 1.46. The van der Waals surface area contributed by atoms with Gasteiger partial charge in [-0.2, -0.15) is 10.2 Å². The number of carbonyl (C=O) groups excluding carboxylic acids is 1. The van der Waals surface area contributed by atoms with Gasteiger partial charge in [-0.3, -0.25) is 14.2 Å². The van der Waals surface area contributed by atoms with Crippen LogP contribution in [0, 0.1) is 0 Å². The summed E-state index contributed by atoms with van der Waals surface area (Å²) in [7, 11) is 1.94. The van der Waals surface area contributed by atoms with Crippen LogP contribution in [0.25, 0.3) is 0 Å². The number of aryl methyl sites for hydroxylation is 1. The molecule has 1 aliphatic carbocycles. The smallest absolute Gasteiger partial charge is 0.287 e. The summed E-state index contributed by atoms with van der Waals surface area (Å²) in [5.74, 6) is 0.839. The molecule has 1 amide bonds. The average molecular weight is 325 g/mol. The fourth-order valence-electron chi connectivity index (χ4n) is 3.22. The zero-order valence-electron chi connectivity index (χ0n) is 13.5. The van der Waals surface area contributed by atoms with Gasteiger partial charge >= 0.3 is 0 Å². The summed E-state index contributed by atoms with van der Waals surface area (Å²) in [5.41, 5.74) is 2.31. The molecule has 1 atom stereocenters. The molecule has 1 N–H and O–H groups in total. The fraction of sp³-hybridized carbons (Fsp3) is 0.353. The van der Waals surface area contributed by atoms with Crippen molar-refractivity contribution in [2.75, 3.05) is 0 Å². The average Bonchev–Trinajstić information content (AvgIpc) is 3.31. The van der Waals surface area contributed by atoms with Crippen LogP contribution in [-0.4, -0.2) is 25.5 Å². The standard InChI is InChI=1S/C17H19N5O2/c1-21-15-5-2-4-14(13(15)10-19-21)20-17(23)16-7-6-12(24-16)11-22-9-3-8-18-22/h3,6-10,14H,2,4-5,11H2,1H3,(H,20,23)/t14-/m0/s1. The Labute approximate surface area is 139 Å². The maximum Gasteiger partial charge on any atom is 0.287 e. The summed E-state index contributed by atoms with van der Waals surface area (Å²) >= 11 is 0. The first-order chi connectivity index (χ1) is 11.7. The molecule has 0 unspecified atom stereocenters. The Hall–Kier alpha value is -2.83. The largest absolute Gasteiger partial charge is 0.454 e. The van der Waals surface area contributed by atoms with Crippen LogP contribution in [-0.2, 0) is 20.0 Å². The molecule has 0 aliphatic heterocycles. The Morgan fingerprint density at radius 1 is 1.42 bits per heavy atom. The van der Waals surface area contributed by atoms with E-state index in [1.807, 2.05) is 36.3 Å². The summed E-state index contributed by atoms with van der Waals surface area (Å²) in [5, 5.41) is 11.5. The van der Waals surface area contributed by atoms with E-state index in [1.54, 1.807) is 16.9 Å². The van der Waals surface area contributed by atoms with E-state index < -0.39 is 0 Å². The van der Waals surface area contributed by atoms with E-state index in [4.69, 9.17) is 4.42 Å². The Bertz CT molecular complexity index is 846. The monoisotopic (exact) mass is 325 g/mol. The van der Waals surface area contributed by atoms with Crippen LogP contribution in [0.15, 0.2) is 41.2 Å². The minimum atomic E-state index is -0.191. The molecule has 0 aromatic carbocycles. The molecule has 3 heterocycles. The van der Waals surface area contributed by atoms with Gasteiger partial charge in [-0.25, -0.2) is 0 Å². The van der Waals surface area contributed by atoms with Gasteiger partial charge in [0.15, 0.2) is 5.76 Å². The lowest BCUT2D eigenvalue weighted by molar-refractivity contribution is 0.0902. The number of carbonyl (C=O) groups is 1. The van der Waals surface area contributed by atoms with Crippen molar-refractivity contribution in [1.29, 1.82) is 0 Å². The third-order valence-electron chi connectivity index (χ3n) is 4.44. The molecule has 7 heteroatoms. The minimum Gasteiger partial charge on any atom is -0.454 e. The molecular formula is C17H19N5O2. The molecule has 0 bridgehead atoms. The number of nitrogens with one attached hydrogen (secondary N) is 1. The lowest BCUT2D eigenvalue weighted by atomic mass is 9.93. The molecule has 4 rings (SSSR count). The highest BCUT2D eigenvalue weighted by atomic mass is 16.4. The van der Waals surface area contributed by atoms with Crippen LogP contribution in [0.4, 0.5) is 0 Å². The van der Waals surface area contributed by atoms with Gasteiger partial charge in [0.25, 0.3) is 5.91 Å². The van der Waals surface area contributed by atoms with Crippen molar-refractivity contribution in [1.82, 2.24) is 24.9 Å². The quantitative estimate of drug-likeness (QED) is 0.796. The van der Waals surface area contributed by atoms with Gasteiger partial charge in [0.1, 0.15) is 5.76 Å².